The van der Waals surface area contributed by atoms with Crippen LogP contribution in [0.15, 0.2) is 35.5 Å². The van der Waals surface area contributed by atoms with Gasteiger partial charge in [-0.15, -0.1) is 35.3 Å². The number of thiazole rings is 1. The second-order valence-corrected chi connectivity index (χ2v) is 7.32. The van der Waals surface area contributed by atoms with E-state index in [2.05, 4.69) is 69.9 Å². The van der Waals surface area contributed by atoms with Gasteiger partial charge in [0.05, 0.1) is 10.7 Å². The third-order valence-electron chi connectivity index (χ3n) is 4.29. The molecule has 0 saturated heterocycles. The van der Waals surface area contributed by atoms with E-state index in [9.17, 15) is 0 Å². The number of aliphatic imine (C=N–C) groups is 1. The number of rotatable bonds is 6. The zero-order valence-corrected chi connectivity index (χ0v) is 18.6. The van der Waals surface area contributed by atoms with E-state index in [4.69, 9.17) is 0 Å². The monoisotopic (exact) mass is 483 g/mol. The quantitative estimate of drug-likeness (QED) is 0.284. The van der Waals surface area contributed by atoms with Crippen molar-refractivity contribution < 1.29 is 0 Å². The van der Waals surface area contributed by atoms with Gasteiger partial charge in [-0.2, -0.15) is 0 Å². The maximum Gasteiger partial charge on any atom is 0.191 e. The first-order valence-corrected chi connectivity index (χ1v) is 9.41. The highest BCUT2D eigenvalue weighted by molar-refractivity contribution is 14.0. The van der Waals surface area contributed by atoms with Crippen LogP contribution < -0.4 is 10.6 Å². The standard InChI is InChI=1S/C19H25N5S.HI/c1-13-14(2)25-18(24-13)9-11-22-19(20-3)21-10-8-15-12-23-17-7-5-4-6-16(15)17;/h4-7,12,23H,8-11H2,1-3H3,(H2,20,21,22);1H. The van der Waals surface area contributed by atoms with Crippen LogP contribution in [0.4, 0.5) is 0 Å². The van der Waals surface area contributed by atoms with Gasteiger partial charge in [-0.05, 0) is 31.9 Å². The first kappa shape index (κ1) is 20.7. The van der Waals surface area contributed by atoms with E-state index in [-0.39, 0.29) is 24.0 Å². The molecule has 0 saturated carbocycles. The average Bonchev–Trinajstić information content (AvgIpc) is 3.17. The van der Waals surface area contributed by atoms with Crippen LogP contribution in [0.1, 0.15) is 21.1 Å². The highest BCUT2D eigenvalue weighted by Crippen LogP contribution is 2.18. The number of aromatic nitrogens is 2. The number of nitrogens with zero attached hydrogens (tertiary/aromatic N) is 2. The molecule has 0 fully saturated rings. The van der Waals surface area contributed by atoms with Crippen LogP contribution >= 0.6 is 35.3 Å². The number of guanidine groups is 1. The molecule has 0 aliphatic heterocycles. The Morgan fingerprint density at radius 3 is 2.58 bits per heavy atom. The molecular weight excluding hydrogens is 457 g/mol. The molecule has 140 valence electrons. The number of para-hydroxylation sites is 1. The molecule has 0 aliphatic rings. The fourth-order valence-corrected chi connectivity index (χ4v) is 3.74. The summed E-state index contributed by atoms with van der Waals surface area (Å²) in [5, 5.41) is 9.22. The molecule has 0 atom stereocenters. The summed E-state index contributed by atoms with van der Waals surface area (Å²) in [5.41, 5.74) is 3.66. The predicted molar refractivity (Wildman–Crippen MR) is 122 cm³/mol. The lowest BCUT2D eigenvalue weighted by Crippen LogP contribution is -2.39. The largest absolute Gasteiger partial charge is 0.361 e. The topological polar surface area (TPSA) is 65.1 Å². The smallest absolute Gasteiger partial charge is 0.191 e. The normalized spacial score (nSPS) is 11.4. The van der Waals surface area contributed by atoms with Crippen LogP contribution in [0.3, 0.4) is 0 Å². The van der Waals surface area contributed by atoms with Gasteiger partial charge in [-0.1, -0.05) is 18.2 Å². The van der Waals surface area contributed by atoms with Crippen molar-refractivity contribution in [1.82, 2.24) is 20.6 Å². The first-order chi connectivity index (χ1) is 12.2. The van der Waals surface area contributed by atoms with E-state index in [1.54, 1.807) is 18.4 Å². The lowest BCUT2D eigenvalue weighted by atomic mass is 10.1. The fraction of sp³-hybridized carbons (Fsp3) is 0.368. The highest BCUT2D eigenvalue weighted by atomic mass is 127. The summed E-state index contributed by atoms with van der Waals surface area (Å²) < 4.78 is 0. The van der Waals surface area contributed by atoms with E-state index in [1.165, 1.54) is 26.4 Å². The predicted octanol–water partition coefficient (Wildman–Crippen LogP) is 3.81. The average molecular weight is 483 g/mol. The van der Waals surface area contributed by atoms with Crippen LogP contribution in [0.5, 0.6) is 0 Å². The zero-order chi connectivity index (χ0) is 17.6. The minimum Gasteiger partial charge on any atom is -0.361 e. The molecule has 0 aliphatic carbocycles. The maximum absolute atomic E-state index is 4.57. The molecule has 2 aromatic heterocycles. The maximum atomic E-state index is 4.57. The molecule has 0 amide bonds. The Kier molecular flexibility index (Phi) is 7.89. The molecule has 0 unspecified atom stereocenters. The summed E-state index contributed by atoms with van der Waals surface area (Å²) in [4.78, 5) is 13.5. The molecule has 1 aromatic carbocycles. The van der Waals surface area contributed by atoms with Crippen LogP contribution in [0, 0.1) is 13.8 Å². The van der Waals surface area contributed by atoms with Crippen molar-refractivity contribution in [3.63, 3.8) is 0 Å². The van der Waals surface area contributed by atoms with Crippen molar-refractivity contribution in [3.8, 4) is 0 Å². The number of H-pyrrole nitrogens is 1. The summed E-state index contributed by atoms with van der Waals surface area (Å²) in [6.07, 6.45) is 3.97. The Bertz CT molecular complexity index is 848. The van der Waals surface area contributed by atoms with Gasteiger partial charge in [-0.25, -0.2) is 4.98 Å². The minimum absolute atomic E-state index is 0. The molecule has 5 nitrogen and oxygen atoms in total. The van der Waals surface area contributed by atoms with Gasteiger partial charge in [0.1, 0.15) is 0 Å². The summed E-state index contributed by atoms with van der Waals surface area (Å²) in [7, 11) is 1.80. The lowest BCUT2D eigenvalue weighted by molar-refractivity contribution is 0.782. The number of halogens is 1. The Hall–Kier alpha value is -1.61. The van der Waals surface area contributed by atoms with E-state index < -0.39 is 0 Å². The summed E-state index contributed by atoms with van der Waals surface area (Å²) in [6.45, 7) is 5.86. The summed E-state index contributed by atoms with van der Waals surface area (Å²) >= 11 is 1.78. The number of aromatic amines is 1. The SMILES string of the molecule is CN=C(NCCc1nc(C)c(C)s1)NCCc1c[nH]c2ccccc12.I. The van der Waals surface area contributed by atoms with Gasteiger partial charge in [0, 0.05) is 48.5 Å². The van der Waals surface area contributed by atoms with Crippen molar-refractivity contribution in [2.75, 3.05) is 20.1 Å². The molecule has 3 N–H and O–H groups in total. The van der Waals surface area contributed by atoms with E-state index in [0.717, 1.165) is 37.6 Å². The third kappa shape index (κ3) is 5.20. The van der Waals surface area contributed by atoms with Gasteiger partial charge >= 0.3 is 0 Å². The van der Waals surface area contributed by atoms with E-state index in [0.29, 0.717) is 0 Å². The number of benzene rings is 1. The highest BCUT2D eigenvalue weighted by Gasteiger charge is 2.05. The molecular formula is C19H26IN5S. The van der Waals surface area contributed by atoms with Crippen LogP contribution in [-0.2, 0) is 12.8 Å². The van der Waals surface area contributed by atoms with Crippen LogP contribution in [0.25, 0.3) is 10.9 Å². The molecule has 2 heterocycles. The molecule has 26 heavy (non-hydrogen) atoms. The number of nitrogens with one attached hydrogen (secondary N) is 3. The Morgan fingerprint density at radius 1 is 1.15 bits per heavy atom. The summed E-state index contributed by atoms with van der Waals surface area (Å²) in [6, 6.07) is 8.40. The second-order valence-electron chi connectivity index (χ2n) is 6.03. The minimum atomic E-state index is 0. The van der Waals surface area contributed by atoms with Crippen molar-refractivity contribution in [3.05, 3.63) is 51.6 Å². The molecule has 3 rings (SSSR count). The van der Waals surface area contributed by atoms with Crippen molar-refractivity contribution >= 4 is 52.2 Å². The number of aryl methyl sites for hydroxylation is 2. The lowest BCUT2D eigenvalue weighted by Gasteiger charge is -2.11. The number of hydrogen-bond acceptors (Lipinski definition) is 3. The number of fused-ring (bicyclic) bond motifs is 1. The Morgan fingerprint density at radius 2 is 1.88 bits per heavy atom. The van der Waals surface area contributed by atoms with E-state index in [1.807, 2.05) is 0 Å². The van der Waals surface area contributed by atoms with Gasteiger partial charge in [0.2, 0.25) is 0 Å². The molecule has 7 heteroatoms. The van der Waals surface area contributed by atoms with Gasteiger partial charge in [0.15, 0.2) is 5.96 Å². The molecule has 3 aromatic rings. The molecule has 0 radical (unpaired) electrons. The molecule has 0 spiro atoms. The fourth-order valence-electron chi connectivity index (χ4n) is 2.81. The zero-order valence-electron chi connectivity index (χ0n) is 15.4. The van der Waals surface area contributed by atoms with Gasteiger partial charge in [0.25, 0.3) is 0 Å². The van der Waals surface area contributed by atoms with Crippen molar-refractivity contribution in [2.24, 2.45) is 4.99 Å². The van der Waals surface area contributed by atoms with Gasteiger partial charge in [-0.3, -0.25) is 4.99 Å². The van der Waals surface area contributed by atoms with Crippen molar-refractivity contribution in [1.29, 1.82) is 0 Å². The Labute approximate surface area is 175 Å². The Balaban J connectivity index is 0.00000243. The van der Waals surface area contributed by atoms with Gasteiger partial charge < -0.3 is 15.6 Å². The second kappa shape index (κ2) is 9.91. The van der Waals surface area contributed by atoms with Crippen LogP contribution in [0.2, 0.25) is 0 Å². The van der Waals surface area contributed by atoms with Crippen molar-refractivity contribution in [2.45, 2.75) is 26.7 Å². The van der Waals surface area contributed by atoms with E-state index >= 15 is 0 Å². The molecule has 0 bridgehead atoms. The first-order valence-electron chi connectivity index (χ1n) is 8.60. The summed E-state index contributed by atoms with van der Waals surface area (Å²) in [5.74, 6) is 0.838. The van der Waals surface area contributed by atoms with Crippen LogP contribution in [-0.4, -0.2) is 36.1 Å². The number of hydrogen-bond donors (Lipinski definition) is 3. The third-order valence-corrected chi connectivity index (χ3v) is 5.42.